The van der Waals surface area contributed by atoms with Gasteiger partial charge in [0.15, 0.2) is 0 Å². The molecule has 2 aliphatic rings. The van der Waals surface area contributed by atoms with Crippen LogP contribution in [0.15, 0.2) is 18.2 Å². The number of ether oxygens (including phenoxy) is 1. The van der Waals surface area contributed by atoms with Crippen molar-refractivity contribution in [3.8, 4) is 5.75 Å². The van der Waals surface area contributed by atoms with Crippen LogP contribution in [0.5, 0.6) is 5.75 Å². The molecule has 1 fully saturated rings. The van der Waals surface area contributed by atoms with Crippen molar-refractivity contribution in [1.82, 2.24) is 5.32 Å². The molecule has 0 aliphatic carbocycles. The van der Waals surface area contributed by atoms with E-state index in [1.54, 1.807) is 12.1 Å². The van der Waals surface area contributed by atoms with Crippen molar-refractivity contribution < 1.29 is 9.13 Å². The van der Waals surface area contributed by atoms with Gasteiger partial charge in [0.05, 0.1) is 6.61 Å². The van der Waals surface area contributed by atoms with Gasteiger partial charge >= 0.3 is 0 Å². The second-order valence-electron chi connectivity index (χ2n) is 5.05. The molecule has 0 amide bonds. The van der Waals surface area contributed by atoms with Crippen molar-refractivity contribution >= 4 is 0 Å². The molecule has 3 rings (SSSR count). The summed E-state index contributed by atoms with van der Waals surface area (Å²) in [6, 6.07) is 5.50. The van der Waals surface area contributed by atoms with Crippen molar-refractivity contribution in [2.45, 2.75) is 37.6 Å². The van der Waals surface area contributed by atoms with Crippen LogP contribution < -0.4 is 10.1 Å². The Morgan fingerprint density at radius 3 is 3.12 bits per heavy atom. The van der Waals surface area contributed by atoms with E-state index >= 15 is 0 Å². The molecule has 0 spiro atoms. The van der Waals surface area contributed by atoms with Crippen LogP contribution in [-0.2, 0) is 0 Å². The maximum atomic E-state index is 13.3. The predicted octanol–water partition coefficient (Wildman–Crippen LogP) is 2.83. The summed E-state index contributed by atoms with van der Waals surface area (Å²) in [6.07, 6.45) is 4.64. The van der Waals surface area contributed by atoms with E-state index in [9.17, 15) is 4.39 Å². The van der Waals surface area contributed by atoms with Crippen molar-refractivity contribution in [3.05, 3.63) is 29.6 Å². The third-order valence-electron chi connectivity index (χ3n) is 3.87. The SMILES string of the molecule is Fc1ccc2c(c1)C(CC1CCCN1)CCO2. The molecule has 0 aromatic heterocycles. The van der Waals surface area contributed by atoms with Crippen LogP contribution in [-0.4, -0.2) is 19.2 Å². The number of rotatable bonds is 2. The zero-order chi connectivity index (χ0) is 11.7. The number of nitrogens with one attached hydrogen (secondary N) is 1. The molecule has 3 heteroatoms. The third-order valence-corrected chi connectivity index (χ3v) is 3.87. The average Bonchev–Trinajstić information content (AvgIpc) is 2.83. The van der Waals surface area contributed by atoms with Crippen LogP contribution >= 0.6 is 0 Å². The van der Waals surface area contributed by atoms with E-state index in [4.69, 9.17) is 4.74 Å². The fraction of sp³-hybridized carbons (Fsp3) is 0.571. The largest absolute Gasteiger partial charge is 0.493 e. The van der Waals surface area contributed by atoms with Gasteiger partial charge < -0.3 is 10.1 Å². The molecule has 0 bridgehead atoms. The fourth-order valence-electron chi connectivity index (χ4n) is 2.98. The first-order valence-corrected chi connectivity index (χ1v) is 6.48. The minimum Gasteiger partial charge on any atom is -0.493 e. The first-order valence-electron chi connectivity index (χ1n) is 6.48. The van der Waals surface area contributed by atoms with E-state index in [0.29, 0.717) is 12.0 Å². The Bertz CT molecular complexity index is 401. The molecule has 1 aromatic carbocycles. The summed E-state index contributed by atoms with van der Waals surface area (Å²) in [7, 11) is 0. The Balaban J connectivity index is 1.80. The maximum Gasteiger partial charge on any atom is 0.123 e. The zero-order valence-corrected chi connectivity index (χ0v) is 9.92. The third kappa shape index (κ3) is 2.29. The maximum absolute atomic E-state index is 13.3. The molecule has 0 saturated carbocycles. The highest BCUT2D eigenvalue weighted by molar-refractivity contribution is 5.38. The smallest absolute Gasteiger partial charge is 0.123 e. The monoisotopic (exact) mass is 235 g/mol. The van der Waals surface area contributed by atoms with Crippen LogP contribution in [0.25, 0.3) is 0 Å². The van der Waals surface area contributed by atoms with E-state index in [1.807, 2.05) is 0 Å². The van der Waals surface area contributed by atoms with Crippen LogP contribution in [0.2, 0.25) is 0 Å². The lowest BCUT2D eigenvalue weighted by Gasteiger charge is -2.28. The number of halogens is 1. The van der Waals surface area contributed by atoms with Gasteiger partial charge in [-0.15, -0.1) is 0 Å². The highest BCUT2D eigenvalue weighted by Gasteiger charge is 2.26. The topological polar surface area (TPSA) is 21.3 Å². The predicted molar refractivity (Wildman–Crippen MR) is 64.9 cm³/mol. The van der Waals surface area contributed by atoms with Gasteiger partial charge in [-0.25, -0.2) is 4.39 Å². The Labute approximate surface area is 101 Å². The van der Waals surface area contributed by atoms with E-state index in [-0.39, 0.29) is 5.82 Å². The highest BCUT2D eigenvalue weighted by Crippen LogP contribution is 2.37. The second-order valence-corrected chi connectivity index (χ2v) is 5.05. The van der Waals surface area contributed by atoms with E-state index in [0.717, 1.165) is 37.3 Å². The Kier molecular flexibility index (Phi) is 3.02. The highest BCUT2D eigenvalue weighted by atomic mass is 19.1. The zero-order valence-electron chi connectivity index (χ0n) is 9.92. The molecule has 1 N–H and O–H groups in total. The van der Waals surface area contributed by atoms with Gasteiger partial charge in [-0.2, -0.15) is 0 Å². The quantitative estimate of drug-likeness (QED) is 0.851. The summed E-state index contributed by atoms with van der Waals surface area (Å²) in [5.41, 5.74) is 1.06. The van der Waals surface area contributed by atoms with E-state index in [1.165, 1.54) is 18.9 Å². The van der Waals surface area contributed by atoms with Gasteiger partial charge in [0.25, 0.3) is 0 Å². The van der Waals surface area contributed by atoms with E-state index in [2.05, 4.69) is 5.32 Å². The number of fused-ring (bicyclic) bond motifs is 1. The molecule has 2 heterocycles. The average molecular weight is 235 g/mol. The van der Waals surface area contributed by atoms with Crippen molar-refractivity contribution in [1.29, 1.82) is 0 Å². The van der Waals surface area contributed by atoms with Crippen LogP contribution in [0.3, 0.4) is 0 Å². The van der Waals surface area contributed by atoms with Gasteiger partial charge in [0.2, 0.25) is 0 Å². The Hall–Kier alpha value is -1.09. The molecule has 2 unspecified atom stereocenters. The lowest BCUT2D eigenvalue weighted by molar-refractivity contribution is 0.256. The summed E-state index contributed by atoms with van der Waals surface area (Å²) < 4.78 is 18.9. The number of benzene rings is 1. The number of hydrogen-bond donors (Lipinski definition) is 1. The van der Waals surface area contributed by atoms with Gasteiger partial charge in [-0.05, 0) is 56.3 Å². The molecule has 2 aliphatic heterocycles. The minimum atomic E-state index is -0.154. The molecular weight excluding hydrogens is 217 g/mol. The van der Waals surface area contributed by atoms with E-state index < -0.39 is 0 Å². The van der Waals surface area contributed by atoms with Gasteiger partial charge in [0, 0.05) is 11.6 Å². The second kappa shape index (κ2) is 4.65. The van der Waals surface area contributed by atoms with Gasteiger partial charge in [0.1, 0.15) is 11.6 Å². The first-order chi connectivity index (χ1) is 8.33. The summed E-state index contributed by atoms with van der Waals surface area (Å²) in [4.78, 5) is 0. The van der Waals surface area contributed by atoms with Crippen molar-refractivity contribution in [2.75, 3.05) is 13.2 Å². The summed E-state index contributed by atoms with van der Waals surface area (Å²) in [6.45, 7) is 1.89. The van der Waals surface area contributed by atoms with Crippen molar-refractivity contribution in [3.63, 3.8) is 0 Å². The molecule has 92 valence electrons. The van der Waals surface area contributed by atoms with Crippen LogP contribution in [0.4, 0.5) is 4.39 Å². The molecule has 1 saturated heterocycles. The Morgan fingerprint density at radius 1 is 1.35 bits per heavy atom. The van der Waals surface area contributed by atoms with Crippen LogP contribution in [0.1, 0.15) is 37.2 Å². The molecule has 2 nitrogen and oxygen atoms in total. The fourth-order valence-corrected chi connectivity index (χ4v) is 2.98. The lowest BCUT2D eigenvalue weighted by atomic mass is 9.87. The lowest BCUT2D eigenvalue weighted by Crippen LogP contribution is -2.26. The summed E-state index contributed by atoms with van der Waals surface area (Å²) in [5.74, 6) is 1.17. The molecule has 1 aromatic rings. The minimum absolute atomic E-state index is 0.154. The van der Waals surface area contributed by atoms with Gasteiger partial charge in [-0.1, -0.05) is 0 Å². The normalized spacial score (nSPS) is 27.6. The standard InChI is InChI=1S/C14H18FNO/c15-11-3-4-14-13(9-11)10(5-7-17-14)8-12-2-1-6-16-12/h3-4,9-10,12,16H,1-2,5-8H2. The number of hydrogen-bond acceptors (Lipinski definition) is 2. The summed E-state index contributed by atoms with van der Waals surface area (Å²) in [5, 5.41) is 3.51. The van der Waals surface area contributed by atoms with Crippen molar-refractivity contribution in [2.24, 2.45) is 0 Å². The molecule has 0 radical (unpaired) electrons. The molecule has 2 atom stereocenters. The Morgan fingerprint density at radius 2 is 2.29 bits per heavy atom. The summed E-state index contributed by atoms with van der Waals surface area (Å²) >= 11 is 0. The first kappa shape index (κ1) is 11.0. The molecule has 17 heavy (non-hydrogen) atoms. The van der Waals surface area contributed by atoms with Crippen LogP contribution in [0, 0.1) is 5.82 Å². The van der Waals surface area contributed by atoms with Gasteiger partial charge in [-0.3, -0.25) is 0 Å². The molecular formula is C14H18FNO.